The summed E-state index contributed by atoms with van der Waals surface area (Å²) in [6.45, 7) is 5.56. The minimum atomic E-state index is -0.787. The number of rotatable bonds is 6. The van der Waals surface area contributed by atoms with Crippen LogP contribution in [0.1, 0.15) is 47.3 Å². The second-order valence-electron chi connectivity index (χ2n) is 6.42. The molecular formula is C18H24N4O3. The molecule has 0 bridgehead atoms. The van der Waals surface area contributed by atoms with Gasteiger partial charge < -0.3 is 20.5 Å². The Hall–Kier alpha value is -2.38. The van der Waals surface area contributed by atoms with Gasteiger partial charge in [-0.2, -0.15) is 5.10 Å². The number of fused-ring (bicyclic) bond motifs is 1. The van der Waals surface area contributed by atoms with Gasteiger partial charge in [-0.15, -0.1) is 0 Å². The number of benzene rings is 1. The lowest BCUT2D eigenvalue weighted by molar-refractivity contribution is 0.0910. The minimum absolute atomic E-state index is 0.101. The van der Waals surface area contributed by atoms with Crippen molar-refractivity contribution < 1.29 is 14.6 Å². The molecule has 2 aromatic rings. The molecule has 0 spiro atoms. The van der Waals surface area contributed by atoms with Crippen molar-refractivity contribution in [2.45, 2.75) is 39.0 Å². The molecule has 1 aromatic carbocycles. The molecule has 7 nitrogen and oxygen atoms in total. The Kier molecular flexibility index (Phi) is 5.35. The maximum atomic E-state index is 12.3. The van der Waals surface area contributed by atoms with Crippen LogP contribution in [-0.4, -0.2) is 40.4 Å². The number of aliphatic hydroxyl groups excluding tert-OH is 1. The molecule has 1 aromatic heterocycles. The first kappa shape index (κ1) is 17.4. The largest absolute Gasteiger partial charge is 0.491 e. The summed E-state index contributed by atoms with van der Waals surface area (Å²) in [5.74, 6) is 0.477. The van der Waals surface area contributed by atoms with Crippen molar-refractivity contribution in [3.63, 3.8) is 0 Å². The van der Waals surface area contributed by atoms with Crippen LogP contribution in [0.15, 0.2) is 24.3 Å². The lowest BCUT2D eigenvalue weighted by Gasteiger charge is -2.15. The number of aromatic amines is 1. The van der Waals surface area contributed by atoms with Gasteiger partial charge in [0.05, 0.1) is 12.2 Å². The zero-order valence-electron chi connectivity index (χ0n) is 14.5. The van der Waals surface area contributed by atoms with Gasteiger partial charge in [-0.25, -0.2) is 0 Å². The van der Waals surface area contributed by atoms with Crippen molar-refractivity contribution in [1.82, 2.24) is 20.8 Å². The molecule has 1 amide bonds. The molecule has 4 N–H and O–H groups in total. The highest BCUT2D eigenvalue weighted by Crippen LogP contribution is 2.19. The maximum Gasteiger partial charge on any atom is 0.272 e. The molecule has 1 atom stereocenters. The summed E-state index contributed by atoms with van der Waals surface area (Å²) in [6.07, 6.45) is 0.150. The Balaban J connectivity index is 1.57. The minimum Gasteiger partial charge on any atom is -0.491 e. The van der Waals surface area contributed by atoms with Crippen LogP contribution in [-0.2, 0) is 13.0 Å². The number of carbonyl (C=O) groups is 1. The maximum absolute atomic E-state index is 12.3. The quantitative estimate of drug-likeness (QED) is 0.633. The van der Waals surface area contributed by atoms with E-state index in [1.807, 2.05) is 26.0 Å². The van der Waals surface area contributed by atoms with Crippen LogP contribution in [0.3, 0.4) is 0 Å². The number of hydrogen-bond acceptors (Lipinski definition) is 5. The molecule has 7 heteroatoms. The predicted molar refractivity (Wildman–Crippen MR) is 93.5 cm³/mol. The van der Waals surface area contributed by atoms with E-state index >= 15 is 0 Å². The highest BCUT2D eigenvalue weighted by Gasteiger charge is 2.22. The highest BCUT2D eigenvalue weighted by molar-refractivity contribution is 5.94. The average molecular weight is 344 g/mol. The van der Waals surface area contributed by atoms with Gasteiger partial charge >= 0.3 is 0 Å². The Labute approximate surface area is 146 Å². The highest BCUT2D eigenvalue weighted by atomic mass is 16.5. The zero-order chi connectivity index (χ0) is 17.8. The molecule has 0 aliphatic carbocycles. The number of nitrogens with one attached hydrogen (secondary N) is 3. The molecule has 0 saturated heterocycles. The van der Waals surface area contributed by atoms with Crippen molar-refractivity contribution in [2.24, 2.45) is 0 Å². The summed E-state index contributed by atoms with van der Waals surface area (Å²) in [5.41, 5.74) is 3.04. The van der Waals surface area contributed by atoms with Crippen LogP contribution in [0.4, 0.5) is 0 Å². The third kappa shape index (κ3) is 4.18. The monoisotopic (exact) mass is 344 g/mol. The molecule has 134 valence electrons. The van der Waals surface area contributed by atoms with Gasteiger partial charge in [0.15, 0.2) is 5.69 Å². The van der Waals surface area contributed by atoms with Crippen LogP contribution in [0.25, 0.3) is 0 Å². The number of hydrogen-bond donors (Lipinski definition) is 4. The Morgan fingerprint density at radius 1 is 1.36 bits per heavy atom. The SMILES string of the molecule is CC(C)Oc1ccc(C(O)CNC(=O)c2n[nH]c3c2CNCC3)cc1. The first-order chi connectivity index (χ1) is 12.0. The second-order valence-corrected chi connectivity index (χ2v) is 6.42. The number of H-pyrrole nitrogens is 1. The van der Waals surface area contributed by atoms with Crippen LogP contribution in [0, 0.1) is 0 Å². The van der Waals surface area contributed by atoms with Crippen LogP contribution >= 0.6 is 0 Å². The number of ether oxygens (including phenoxy) is 1. The average Bonchev–Trinajstić information content (AvgIpc) is 3.03. The lowest BCUT2D eigenvalue weighted by atomic mass is 10.1. The van der Waals surface area contributed by atoms with Gasteiger partial charge in [-0.1, -0.05) is 12.1 Å². The van der Waals surface area contributed by atoms with Crippen molar-refractivity contribution in [2.75, 3.05) is 13.1 Å². The van der Waals surface area contributed by atoms with Gasteiger partial charge in [0, 0.05) is 37.3 Å². The van der Waals surface area contributed by atoms with E-state index < -0.39 is 6.10 Å². The normalized spacial score (nSPS) is 14.9. The summed E-state index contributed by atoms with van der Waals surface area (Å²) >= 11 is 0. The zero-order valence-corrected chi connectivity index (χ0v) is 14.5. The summed E-state index contributed by atoms with van der Waals surface area (Å²) in [4.78, 5) is 12.3. The fourth-order valence-electron chi connectivity index (χ4n) is 2.84. The van der Waals surface area contributed by atoms with E-state index in [0.29, 0.717) is 12.2 Å². The van der Waals surface area contributed by atoms with E-state index in [9.17, 15) is 9.90 Å². The van der Waals surface area contributed by atoms with Crippen molar-refractivity contribution >= 4 is 5.91 Å². The summed E-state index contributed by atoms with van der Waals surface area (Å²) in [5, 5.41) is 23.3. The number of amides is 1. The van der Waals surface area contributed by atoms with Gasteiger partial charge in [0.25, 0.3) is 5.91 Å². The molecule has 25 heavy (non-hydrogen) atoms. The Morgan fingerprint density at radius 2 is 2.12 bits per heavy atom. The van der Waals surface area contributed by atoms with Gasteiger partial charge in [0.2, 0.25) is 0 Å². The van der Waals surface area contributed by atoms with E-state index in [1.165, 1.54) is 0 Å². The smallest absolute Gasteiger partial charge is 0.272 e. The lowest BCUT2D eigenvalue weighted by Crippen LogP contribution is -2.31. The molecule has 3 rings (SSSR count). The van der Waals surface area contributed by atoms with E-state index in [1.54, 1.807) is 12.1 Å². The molecule has 2 heterocycles. The topological polar surface area (TPSA) is 99.3 Å². The predicted octanol–water partition coefficient (Wildman–Crippen LogP) is 1.31. The van der Waals surface area contributed by atoms with Crippen molar-refractivity contribution in [1.29, 1.82) is 0 Å². The molecule has 1 unspecified atom stereocenters. The van der Waals surface area contributed by atoms with Crippen LogP contribution in [0.5, 0.6) is 5.75 Å². The van der Waals surface area contributed by atoms with Crippen LogP contribution in [0.2, 0.25) is 0 Å². The van der Waals surface area contributed by atoms with Gasteiger partial charge in [-0.05, 0) is 31.5 Å². The van der Waals surface area contributed by atoms with E-state index in [0.717, 1.165) is 35.5 Å². The van der Waals surface area contributed by atoms with Crippen LogP contribution < -0.4 is 15.4 Å². The summed E-state index contributed by atoms with van der Waals surface area (Å²) in [6, 6.07) is 7.23. The number of carbonyl (C=O) groups excluding carboxylic acids is 1. The molecule has 0 saturated carbocycles. The molecule has 1 aliphatic heterocycles. The number of aliphatic hydroxyl groups is 1. The van der Waals surface area contributed by atoms with Gasteiger partial charge in [0.1, 0.15) is 5.75 Å². The first-order valence-electron chi connectivity index (χ1n) is 8.54. The van der Waals surface area contributed by atoms with E-state index in [2.05, 4.69) is 20.8 Å². The summed E-state index contributed by atoms with van der Waals surface area (Å²) in [7, 11) is 0. The van der Waals surface area contributed by atoms with E-state index in [-0.39, 0.29) is 18.6 Å². The third-order valence-electron chi connectivity index (χ3n) is 4.11. The van der Waals surface area contributed by atoms with E-state index in [4.69, 9.17) is 4.74 Å². The fourth-order valence-corrected chi connectivity index (χ4v) is 2.84. The Morgan fingerprint density at radius 3 is 2.84 bits per heavy atom. The molecular weight excluding hydrogens is 320 g/mol. The van der Waals surface area contributed by atoms with Crippen molar-refractivity contribution in [3.8, 4) is 5.75 Å². The molecule has 0 radical (unpaired) electrons. The number of aromatic nitrogens is 2. The van der Waals surface area contributed by atoms with Crippen molar-refractivity contribution in [3.05, 3.63) is 46.8 Å². The van der Waals surface area contributed by atoms with Gasteiger partial charge in [-0.3, -0.25) is 9.89 Å². The standard InChI is InChI=1S/C18H24N4O3/c1-11(2)25-13-5-3-12(4-6-13)16(23)10-20-18(24)17-14-9-19-8-7-15(14)21-22-17/h3-6,11,16,19,23H,7-10H2,1-2H3,(H,20,24)(H,21,22). The fraction of sp³-hybridized carbons (Fsp3) is 0.444. The molecule has 0 fully saturated rings. The summed E-state index contributed by atoms with van der Waals surface area (Å²) < 4.78 is 5.58. The third-order valence-corrected chi connectivity index (χ3v) is 4.11. The molecule has 1 aliphatic rings. The second kappa shape index (κ2) is 7.67. The number of nitrogens with zero attached hydrogens (tertiary/aromatic N) is 1. The first-order valence-corrected chi connectivity index (χ1v) is 8.54. The Bertz CT molecular complexity index is 724.